The van der Waals surface area contributed by atoms with Crippen molar-refractivity contribution in [2.24, 2.45) is 0 Å². The predicted octanol–water partition coefficient (Wildman–Crippen LogP) is 4.98. The zero-order valence-corrected chi connectivity index (χ0v) is 17.4. The summed E-state index contributed by atoms with van der Waals surface area (Å²) < 4.78 is 7.48. The number of benzene rings is 2. The van der Waals surface area contributed by atoms with Crippen LogP contribution in [0, 0.1) is 20.8 Å². The van der Waals surface area contributed by atoms with E-state index < -0.39 is 0 Å². The second-order valence-electron chi connectivity index (χ2n) is 7.34. The molecule has 1 N–H and O–H groups in total. The Balaban J connectivity index is 1.68. The minimum atomic E-state index is 0.822. The molecule has 0 fully saturated rings. The molecule has 2 aromatic carbocycles. The maximum Gasteiger partial charge on any atom is 0.165 e. The molecule has 0 aliphatic heterocycles. The summed E-state index contributed by atoms with van der Waals surface area (Å²) in [5.74, 6) is 1.77. The first-order valence-corrected chi connectivity index (χ1v) is 9.86. The summed E-state index contributed by atoms with van der Waals surface area (Å²) in [5, 5.41) is 8.32. The van der Waals surface area contributed by atoms with E-state index in [2.05, 4.69) is 42.6 Å². The van der Waals surface area contributed by atoms with Crippen LogP contribution in [0.5, 0.6) is 5.75 Å². The smallest absolute Gasteiger partial charge is 0.165 e. The van der Waals surface area contributed by atoms with Gasteiger partial charge in [-0.2, -0.15) is 9.61 Å². The Labute approximate surface area is 171 Å². The summed E-state index contributed by atoms with van der Waals surface area (Å²) in [6, 6.07) is 18.7. The molecule has 0 radical (unpaired) electrons. The molecule has 2 aromatic heterocycles. The van der Waals surface area contributed by atoms with Crippen LogP contribution < -0.4 is 10.1 Å². The van der Waals surface area contributed by atoms with Gasteiger partial charge < -0.3 is 10.1 Å². The molecule has 0 spiro atoms. The fourth-order valence-corrected chi connectivity index (χ4v) is 3.63. The lowest BCUT2D eigenvalue weighted by Gasteiger charge is -2.11. The molecule has 4 aromatic rings. The Morgan fingerprint density at radius 2 is 1.76 bits per heavy atom. The molecular weight excluding hydrogens is 360 g/mol. The first kappa shape index (κ1) is 19.0. The summed E-state index contributed by atoms with van der Waals surface area (Å²) in [5.41, 5.74) is 7.32. The zero-order valence-electron chi connectivity index (χ0n) is 17.4. The van der Waals surface area contributed by atoms with Gasteiger partial charge in [0.2, 0.25) is 0 Å². The molecule has 5 heteroatoms. The number of aromatic nitrogens is 3. The lowest BCUT2D eigenvalue weighted by atomic mass is 10.1. The van der Waals surface area contributed by atoms with Crippen LogP contribution in [-0.2, 0) is 6.42 Å². The second-order valence-corrected chi connectivity index (χ2v) is 7.34. The molecule has 0 amide bonds. The molecule has 29 heavy (non-hydrogen) atoms. The van der Waals surface area contributed by atoms with Gasteiger partial charge in [-0.15, -0.1) is 0 Å². The molecule has 0 unspecified atom stereocenters. The number of hydrogen-bond acceptors (Lipinski definition) is 4. The van der Waals surface area contributed by atoms with Crippen molar-refractivity contribution < 1.29 is 4.74 Å². The highest BCUT2D eigenvalue weighted by Gasteiger charge is 2.18. The number of aryl methyl sites for hydroxylation is 3. The molecule has 0 bridgehead atoms. The van der Waals surface area contributed by atoms with Gasteiger partial charge in [0.1, 0.15) is 11.6 Å². The normalized spacial score (nSPS) is 11.0. The molecule has 0 aliphatic carbocycles. The molecule has 2 heterocycles. The van der Waals surface area contributed by atoms with Crippen molar-refractivity contribution >= 4 is 11.5 Å². The highest BCUT2D eigenvalue weighted by atomic mass is 16.5. The van der Waals surface area contributed by atoms with Crippen LogP contribution in [-0.4, -0.2) is 28.3 Å². The van der Waals surface area contributed by atoms with Crippen molar-refractivity contribution in [3.63, 3.8) is 0 Å². The van der Waals surface area contributed by atoms with Gasteiger partial charge in [-0.3, -0.25) is 0 Å². The van der Waals surface area contributed by atoms with E-state index in [1.165, 1.54) is 11.1 Å². The number of fused-ring (bicyclic) bond motifs is 1. The summed E-state index contributed by atoms with van der Waals surface area (Å²) in [7, 11) is 1.69. The van der Waals surface area contributed by atoms with Gasteiger partial charge >= 0.3 is 0 Å². The molecule has 4 rings (SSSR count). The molecule has 0 atom stereocenters. The fraction of sp³-hybridized carbons (Fsp3) is 0.250. The van der Waals surface area contributed by atoms with Crippen LogP contribution in [0.3, 0.4) is 0 Å². The van der Waals surface area contributed by atoms with Crippen LogP contribution in [0.25, 0.3) is 16.8 Å². The number of ether oxygens (including phenoxy) is 1. The number of nitrogens with one attached hydrogen (secondary N) is 1. The van der Waals surface area contributed by atoms with Crippen molar-refractivity contribution in [1.82, 2.24) is 14.6 Å². The number of methoxy groups -OCH3 is 1. The fourth-order valence-electron chi connectivity index (χ4n) is 3.63. The van der Waals surface area contributed by atoms with Crippen LogP contribution in [0.2, 0.25) is 0 Å². The maximum atomic E-state index is 5.58. The quantitative estimate of drug-likeness (QED) is 0.507. The number of rotatable bonds is 6. The van der Waals surface area contributed by atoms with Crippen LogP contribution in [0.15, 0.2) is 54.6 Å². The van der Waals surface area contributed by atoms with Crippen LogP contribution in [0.4, 0.5) is 5.82 Å². The average Bonchev–Trinajstić information content (AvgIpc) is 3.05. The third-order valence-electron chi connectivity index (χ3n) is 5.11. The largest absolute Gasteiger partial charge is 0.496 e. The molecule has 148 valence electrons. The monoisotopic (exact) mass is 386 g/mol. The summed E-state index contributed by atoms with van der Waals surface area (Å²) in [6.45, 7) is 6.96. The number of hydrogen-bond donors (Lipinski definition) is 1. The third-order valence-corrected chi connectivity index (χ3v) is 5.11. The van der Waals surface area contributed by atoms with E-state index in [1.54, 1.807) is 7.11 Å². The second kappa shape index (κ2) is 7.95. The lowest BCUT2D eigenvalue weighted by molar-refractivity contribution is 0.416. The minimum absolute atomic E-state index is 0.822. The summed E-state index contributed by atoms with van der Waals surface area (Å²) in [4.78, 5) is 4.79. The molecule has 5 nitrogen and oxygen atoms in total. The van der Waals surface area contributed by atoms with Crippen molar-refractivity contribution in [2.75, 3.05) is 19.0 Å². The molecule has 0 saturated heterocycles. The van der Waals surface area contributed by atoms with E-state index >= 15 is 0 Å². The van der Waals surface area contributed by atoms with Gasteiger partial charge in [0.05, 0.1) is 18.4 Å². The minimum Gasteiger partial charge on any atom is -0.496 e. The van der Waals surface area contributed by atoms with Gasteiger partial charge in [0.25, 0.3) is 0 Å². The number of para-hydroxylation sites is 1. The van der Waals surface area contributed by atoms with E-state index in [-0.39, 0.29) is 0 Å². The van der Waals surface area contributed by atoms with Gasteiger partial charge in [0.15, 0.2) is 5.65 Å². The maximum absolute atomic E-state index is 5.58. The Bertz CT molecular complexity index is 1150. The van der Waals surface area contributed by atoms with Crippen molar-refractivity contribution in [1.29, 1.82) is 0 Å². The highest BCUT2D eigenvalue weighted by molar-refractivity contribution is 5.84. The highest BCUT2D eigenvalue weighted by Crippen LogP contribution is 2.35. The van der Waals surface area contributed by atoms with E-state index in [9.17, 15) is 0 Å². The molecule has 0 aliphatic rings. The van der Waals surface area contributed by atoms with Crippen molar-refractivity contribution in [3.05, 3.63) is 77.1 Å². The van der Waals surface area contributed by atoms with Gasteiger partial charge in [0, 0.05) is 23.9 Å². The average molecular weight is 386 g/mol. The van der Waals surface area contributed by atoms with Crippen LogP contribution >= 0.6 is 0 Å². The van der Waals surface area contributed by atoms with E-state index in [1.807, 2.05) is 42.6 Å². The SMILES string of the molecule is COc1ccccc1-c1c(C)nn2c(NCCc3ccc(C)cc3)cc(C)nc12. The Kier molecular flexibility index (Phi) is 5.21. The summed E-state index contributed by atoms with van der Waals surface area (Å²) in [6.07, 6.45) is 0.947. The van der Waals surface area contributed by atoms with E-state index in [0.29, 0.717) is 0 Å². The summed E-state index contributed by atoms with van der Waals surface area (Å²) >= 11 is 0. The van der Waals surface area contributed by atoms with Crippen molar-refractivity contribution in [2.45, 2.75) is 27.2 Å². The van der Waals surface area contributed by atoms with E-state index in [4.69, 9.17) is 14.8 Å². The molecule has 0 saturated carbocycles. The molecular formula is C24H26N4O. The predicted molar refractivity (Wildman–Crippen MR) is 118 cm³/mol. The number of anilines is 1. The number of nitrogens with zero attached hydrogens (tertiary/aromatic N) is 3. The third kappa shape index (κ3) is 3.81. The topological polar surface area (TPSA) is 51.5 Å². The zero-order chi connectivity index (χ0) is 20.4. The Morgan fingerprint density at radius 1 is 1.00 bits per heavy atom. The van der Waals surface area contributed by atoms with Gasteiger partial charge in [-0.1, -0.05) is 48.0 Å². The first-order valence-electron chi connectivity index (χ1n) is 9.86. The first-order chi connectivity index (χ1) is 14.1. The Hall–Kier alpha value is -3.34. The lowest BCUT2D eigenvalue weighted by Crippen LogP contribution is -2.10. The van der Waals surface area contributed by atoms with E-state index in [0.717, 1.165) is 52.7 Å². The Morgan fingerprint density at radius 3 is 2.52 bits per heavy atom. The van der Waals surface area contributed by atoms with Crippen LogP contribution in [0.1, 0.15) is 22.5 Å². The van der Waals surface area contributed by atoms with Gasteiger partial charge in [-0.05, 0) is 38.8 Å². The standard InChI is InChI=1S/C24H26N4O/c1-16-9-11-19(12-10-16)13-14-25-22-15-17(2)26-24-23(18(3)27-28(22)24)20-7-5-6-8-21(20)29-4/h5-12,15,25H,13-14H2,1-4H3. The van der Waals surface area contributed by atoms with Gasteiger partial charge in [-0.25, -0.2) is 4.98 Å². The van der Waals surface area contributed by atoms with Crippen molar-refractivity contribution in [3.8, 4) is 16.9 Å².